The monoisotopic (exact) mass is 283 g/mol. The Bertz CT molecular complexity index is 517. The van der Waals surface area contributed by atoms with Crippen LogP contribution in [0.25, 0.3) is 0 Å². The molecule has 2 N–H and O–H groups in total. The van der Waals surface area contributed by atoms with E-state index >= 15 is 0 Å². The lowest BCUT2D eigenvalue weighted by Gasteiger charge is -2.10. The highest BCUT2D eigenvalue weighted by atomic mass is 32.1. The number of thiophene rings is 1. The van der Waals surface area contributed by atoms with Crippen LogP contribution in [0.2, 0.25) is 0 Å². The average Bonchev–Trinajstić information content (AvgIpc) is 2.79. The van der Waals surface area contributed by atoms with Gasteiger partial charge < -0.3 is 10.5 Å². The zero-order chi connectivity index (χ0) is 13.8. The van der Waals surface area contributed by atoms with Gasteiger partial charge in [-0.25, -0.2) is 8.78 Å². The van der Waals surface area contributed by atoms with E-state index in [2.05, 4.69) is 0 Å². The molecule has 2 aromatic rings. The molecule has 0 saturated heterocycles. The molecular weight excluding hydrogens is 268 g/mol. The highest BCUT2D eigenvalue weighted by Gasteiger charge is 2.13. The van der Waals surface area contributed by atoms with Gasteiger partial charge in [-0.1, -0.05) is 6.07 Å². The van der Waals surface area contributed by atoms with Crippen LogP contribution >= 0.6 is 11.3 Å². The summed E-state index contributed by atoms with van der Waals surface area (Å²) >= 11 is 1.48. The fourth-order valence-corrected chi connectivity index (χ4v) is 2.39. The molecule has 0 amide bonds. The quantitative estimate of drug-likeness (QED) is 0.911. The predicted octanol–water partition coefficient (Wildman–Crippen LogP) is 3.50. The van der Waals surface area contributed by atoms with Crippen molar-refractivity contribution < 1.29 is 13.5 Å². The number of benzene rings is 1. The molecule has 0 spiro atoms. The lowest BCUT2D eigenvalue weighted by atomic mass is 10.1. The van der Waals surface area contributed by atoms with Gasteiger partial charge in [0.1, 0.15) is 6.61 Å². The minimum absolute atomic E-state index is 0.142. The first-order valence-corrected chi connectivity index (χ1v) is 6.83. The summed E-state index contributed by atoms with van der Waals surface area (Å²) in [5, 5.41) is 1.89. The van der Waals surface area contributed by atoms with Crippen molar-refractivity contribution in [3.63, 3.8) is 0 Å². The number of rotatable bonds is 5. The van der Waals surface area contributed by atoms with Gasteiger partial charge in [0.15, 0.2) is 17.4 Å². The molecule has 0 aliphatic heterocycles. The van der Waals surface area contributed by atoms with Gasteiger partial charge in [-0.3, -0.25) is 0 Å². The van der Waals surface area contributed by atoms with Gasteiger partial charge >= 0.3 is 0 Å². The molecule has 0 saturated carbocycles. The second kappa shape index (κ2) is 6.12. The summed E-state index contributed by atoms with van der Waals surface area (Å²) in [6.07, 6.45) is 0.430. The summed E-state index contributed by atoms with van der Waals surface area (Å²) in [6, 6.07) is 6.12. The Morgan fingerprint density at radius 1 is 1.32 bits per heavy atom. The second-order valence-corrected chi connectivity index (χ2v) is 5.47. The topological polar surface area (TPSA) is 35.2 Å². The molecule has 0 bridgehead atoms. The summed E-state index contributed by atoms with van der Waals surface area (Å²) in [7, 11) is 0. The minimum Gasteiger partial charge on any atom is -0.482 e. The third-order valence-electron chi connectivity index (χ3n) is 2.55. The smallest absolute Gasteiger partial charge is 0.191 e. The van der Waals surface area contributed by atoms with E-state index < -0.39 is 11.6 Å². The first-order chi connectivity index (χ1) is 9.06. The first-order valence-electron chi connectivity index (χ1n) is 5.95. The molecule has 1 aromatic heterocycles. The molecule has 2 nitrogen and oxygen atoms in total. The van der Waals surface area contributed by atoms with Crippen LogP contribution in [-0.4, -0.2) is 6.04 Å². The third kappa shape index (κ3) is 3.75. The zero-order valence-corrected chi connectivity index (χ0v) is 11.3. The Morgan fingerprint density at radius 2 is 2.00 bits per heavy atom. The highest BCUT2D eigenvalue weighted by molar-refractivity contribution is 7.09. The Balaban J connectivity index is 2.12. The largest absolute Gasteiger partial charge is 0.482 e. The van der Waals surface area contributed by atoms with Crippen molar-refractivity contribution in [3.05, 3.63) is 51.7 Å². The Kier molecular flexibility index (Phi) is 4.50. The number of ether oxygens (including phenoxy) is 1. The predicted molar refractivity (Wildman–Crippen MR) is 72.4 cm³/mol. The molecule has 0 radical (unpaired) electrons. The van der Waals surface area contributed by atoms with Crippen LogP contribution in [-0.2, 0) is 13.0 Å². The van der Waals surface area contributed by atoms with Crippen LogP contribution in [0.5, 0.6) is 5.75 Å². The van der Waals surface area contributed by atoms with Gasteiger partial charge in [-0.15, -0.1) is 11.3 Å². The van der Waals surface area contributed by atoms with Crippen LogP contribution in [0.15, 0.2) is 29.6 Å². The number of halogens is 2. The summed E-state index contributed by atoms with van der Waals surface area (Å²) in [6.45, 7) is 1.95. The summed E-state index contributed by atoms with van der Waals surface area (Å²) in [5.74, 6) is -1.71. The molecule has 0 aliphatic carbocycles. The van der Waals surface area contributed by atoms with Crippen molar-refractivity contribution in [1.82, 2.24) is 0 Å². The van der Waals surface area contributed by atoms with Crippen molar-refractivity contribution in [2.24, 2.45) is 5.73 Å². The highest BCUT2D eigenvalue weighted by Crippen LogP contribution is 2.25. The van der Waals surface area contributed by atoms with Crippen molar-refractivity contribution >= 4 is 11.3 Å². The van der Waals surface area contributed by atoms with Crippen molar-refractivity contribution in [1.29, 1.82) is 0 Å². The van der Waals surface area contributed by atoms with Crippen LogP contribution < -0.4 is 10.5 Å². The zero-order valence-electron chi connectivity index (χ0n) is 10.5. The van der Waals surface area contributed by atoms with Gasteiger partial charge in [0.25, 0.3) is 0 Å². The third-order valence-corrected chi connectivity index (χ3v) is 3.40. The molecule has 0 aliphatic rings. The lowest BCUT2D eigenvalue weighted by Crippen LogP contribution is -2.18. The Labute approximate surface area is 114 Å². The second-order valence-electron chi connectivity index (χ2n) is 4.44. The maximum absolute atomic E-state index is 13.8. The first kappa shape index (κ1) is 14.0. The Hall–Kier alpha value is -1.46. The maximum Gasteiger partial charge on any atom is 0.191 e. The fraction of sp³-hybridized carbons (Fsp3) is 0.286. The van der Waals surface area contributed by atoms with E-state index in [1.54, 1.807) is 6.92 Å². The van der Waals surface area contributed by atoms with Crippen LogP contribution in [0.4, 0.5) is 8.78 Å². The number of hydrogen-bond acceptors (Lipinski definition) is 3. The molecule has 0 fully saturated rings. The standard InChI is InChI=1S/C14H15F2NOS/c1-9(17)5-10-6-12(15)14(13(16)7-10)18-8-11-3-2-4-19-11/h2-4,6-7,9H,5,8,17H2,1H3. The van der Waals surface area contributed by atoms with E-state index in [1.165, 1.54) is 23.5 Å². The van der Waals surface area contributed by atoms with Crippen molar-refractivity contribution in [2.75, 3.05) is 0 Å². The normalized spacial score (nSPS) is 12.4. The molecule has 1 atom stereocenters. The van der Waals surface area contributed by atoms with Crippen LogP contribution in [0.1, 0.15) is 17.4 Å². The van der Waals surface area contributed by atoms with E-state index in [0.29, 0.717) is 12.0 Å². The molecule has 1 heterocycles. The van der Waals surface area contributed by atoms with Gasteiger partial charge in [-0.05, 0) is 42.5 Å². The van der Waals surface area contributed by atoms with Gasteiger partial charge in [-0.2, -0.15) is 0 Å². The van der Waals surface area contributed by atoms with Crippen molar-refractivity contribution in [2.45, 2.75) is 26.0 Å². The van der Waals surface area contributed by atoms with Gasteiger partial charge in [0.05, 0.1) is 0 Å². The minimum atomic E-state index is -0.688. The van der Waals surface area contributed by atoms with E-state index in [1.807, 2.05) is 17.5 Å². The van der Waals surface area contributed by atoms with Crippen molar-refractivity contribution in [3.8, 4) is 5.75 Å². The molecular formula is C14H15F2NOS. The molecule has 19 heavy (non-hydrogen) atoms. The molecule has 2 rings (SSSR count). The van der Waals surface area contributed by atoms with Gasteiger partial charge in [0, 0.05) is 10.9 Å². The molecule has 102 valence electrons. The van der Waals surface area contributed by atoms with E-state index in [-0.39, 0.29) is 18.4 Å². The molecule has 5 heteroatoms. The van der Waals surface area contributed by atoms with Gasteiger partial charge in [0.2, 0.25) is 0 Å². The maximum atomic E-state index is 13.8. The Morgan fingerprint density at radius 3 is 2.53 bits per heavy atom. The lowest BCUT2D eigenvalue weighted by molar-refractivity contribution is 0.276. The SMILES string of the molecule is CC(N)Cc1cc(F)c(OCc2cccs2)c(F)c1. The number of nitrogens with two attached hydrogens (primary N) is 1. The van der Waals surface area contributed by atoms with Crippen LogP contribution in [0, 0.1) is 11.6 Å². The van der Waals surface area contributed by atoms with E-state index in [9.17, 15) is 8.78 Å². The van der Waals surface area contributed by atoms with E-state index in [4.69, 9.17) is 10.5 Å². The summed E-state index contributed by atoms with van der Waals surface area (Å²) in [5.41, 5.74) is 6.15. The average molecular weight is 283 g/mol. The van der Waals surface area contributed by atoms with E-state index in [0.717, 1.165) is 4.88 Å². The number of hydrogen-bond donors (Lipinski definition) is 1. The fourth-order valence-electron chi connectivity index (χ4n) is 1.78. The summed E-state index contributed by atoms with van der Waals surface area (Å²) < 4.78 is 32.8. The molecule has 1 aromatic carbocycles. The molecule has 1 unspecified atom stereocenters. The van der Waals surface area contributed by atoms with Crippen LogP contribution in [0.3, 0.4) is 0 Å². The summed E-state index contributed by atoms with van der Waals surface area (Å²) in [4.78, 5) is 0.915.